The molecule has 0 atom stereocenters. The molecule has 0 unspecified atom stereocenters. The third-order valence-corrected chi connectivity index (χ3v) is 3.62. The van der Waals surface area contributed by atoms with Crippen LogP contribution in [0.25, 0.3) is 0 Å². The first-order chi connectivity index (χ1) is 9.25. The number of rotatable bonds is 7. The van der Waals surface area contributed by atoms with Crippen LogP contribution in [0, 0.1) is 5.82 Å². The Balaban J connectivity index is 1.69. The zero-order valence-electron chi connectivity index (χ0n) is 10.5. The third kappa shape index (κ3) is 4.58. The molecule has 0 amide bonds. The van der Waals surface area contributed by atoms with E-state index in [2.05, 4.69) is 0 Å². The summed E-state index contributed by atoms with van der Waals surface area (Å²) in [4.78, 5) is 12.9. The van der Waals surface area contributed by atoms with Crippen molar-refractivity contribution < 1.29 is 13.9 Å². The fourth-order valence-electron chi connectivity index (χ4n) is 1.72. The Morgan fingerprint density at radius 2 is 2.05 bits per heavy atom. The molecular formula is C15H15FO2S. The minimum atomic E-state index is -0.338. The summed E-state index contributed by atoms with van der Waals surface area (Å²) in [5.74, 6) is -0.439. The molecule has 0 fully saturated rings. The van der Waals surface area contributed by atoms with E-state index in [4.69, 9.17) is 4.74 Å². The van der Waals surface area contributed by atoms with Crippen molar-refractivity contribution in [2.45, 2.75) is 12.8 Å². The number of ether oxygens (including phenoxy) is 1. The molecule has 0 aliphatic rings. The van der Waals surface area contributed by atoms with Crippen molar-refractivity contribution in [3.05, 3.63) is 58.0 Å². The first-order valence-electron chi connectivity index (χ1n) is 6.11. The van der Waals surface area contributed by atoms with E-state index in [0.29, 0.717) is 12.2 Å². The molecule has 2 nitrogen and oxygen atoms in total. The Kier molecular flexibility index (Phi) is 5.24. The lowest BCUT2D eigenvalue weighted by Crippen LogP contribution is -2.13. The Bertz CT molecular complexity index is 523. The Hall–Kier alpha value is -1.52. The van der Waals surface area contributed by atoms with Gasteiger partial charge in [0.2, 0.25) is 0 Å². The molecule has 0 radical (unpaired) electrons. The van der Waals surface area contributed by atoms with E-state index in [-0.39, 0.29) is 24.6 Å². The lowest BCUT2D eigenvalue weighted by molar-refractivity contribution is -0.122. The van der Waals surface area contributed by atoms with Crippen LogP contribution >= 0.6 is 11.3 Å². The van der Waals surface area contributed by atoms with Crippen molar-refractivity contribution in [3.63, 3.8) is 0 Å². The van der Waals surface area contributed by atoms with Crippen molar-refractivity contribution in [1.82, 2.24) is 0 Å². The van der Waals surface area contributed by atoms with Gasteiger partial charge in [0.05, 0.1) is 6.61 Å². The highest BCUT2D eigenvalue weighted by Gasteiger charge is 2.07. The van der Waals surface area contributed by atoms with Gasteiger partial charge in [-0.3, -0.25) is 4.79 Å². The average Bonchev–Trinajstić information content (AvgIpc) is 2.91. The second-order valence-electron chi connectivity index (χ2n) is 4.19. The molecule has 0 aliphatic carbocycles. The second kappa shape index (κ2) is 7.16. The second-order valence-corrected chi connectivity index (χ2v) is 5.22. The summed E-state index contributed by atoms with van der Waals surface area (Å²) in [6, 6.07) is 10.3. The van der Waals surface area contributed by atoms with Crippen LogP contribution < -0.4 is 0 Å². The molecule has 1 aromatic heterocycles. The van der Waals surface area contributed by atoms with Crippen LogP contribution in [0.3, 0.4) is 0 Å². The van der Waals surface area contributed by atoms with Gasteiger partial charge in [-0.1, -0.05) is 24.3 Å². The maximum absolute atomic E-state index is 13.3. The molecule has 0 spiro atoms. The summed E-state index contributed by atoms with van der Waals surface area (Å²) in [5, 5.41) is 2.01. The molecule has 2 aromatic rings. The first kappa shape index (κ1) is 13.9. The van der Waals surface area contributed by atoms with Crippen molar-refractivity contribution in [3.8, 4) is 0 Å². The largest absolute Gasteiger partial charge is 0.373 e. The number of thiophene rings is 1. The number of ketones is 1. The van der Waals surface area contributed by atoms with Crippen LogP contribution in [-0.4, -0.2) is 19.0 Å². The summed E-state index contributed by atoms with van der Waals surface area (Å²) in [7, 11) is 0. The van der Waals surface area contributed by atoms with E-state index in [1.807, 2.05) is 17.5 Å². The van der Waals surface area contributed by atoms with Crippen molar-refractivity contribution in [1.29, 1.82) is 0 Å². The normalized spacial score (nSPS) is 10.6. The first-order valence-corrected chi connectivity index (χ1v) is 6.99. The van der Waals surface area contributed by atoms with Gasteiger partial charge in [0, 0.05) is 17.7 Å². The molecule has 0 bridgehead atoms. The molecule has 1 aromatic carbocycles. The number of benzene rings is 1. The highest BCUT2D eigenvalue weighted by molar-refractivity contribution is 7.09. The highest BCUT2D eigenvalue weighted by Crippen LogP contribution is 2.09. The van der Waals surface area contributed by atoms with Crippen LogP contribution in [0.5, 0.6) is 0 Å². The molecule has 0 saturated heterocycles. The smallest absolute Gasteiger partial charge is 0.162 e. The van der Waals surface area contributed by atoms with E-state index in [1.165, 1.54) is 10.9 Å². The number of hydrogen-bond acceptors (Lipinski definition) is 3. The maximum Gasteiger partial charge on any atom is 0.162 e. The fraction of sp³-hybridized carbons (Fsp3) is 0.267. The third-order valence-electron chi connectivity index (χ3n) is 2.68. The topological polar surface area (TPSA) is 26.3 Å². The average molecular weight is 278 g/mol. The minimum Gasteiger partial charge on any atom is -0.373 e. The predicted molar refractivity (Wildman–Crippen MR) is 74.0 cm³/mol. The lowest BCUT2D eigenvalue weighted by Gasteiger charge is -2.04. The van der Waals surface area contributed by atoms with Gasteiger partial charge in [-0.05, 0) is 23.1 Å². The van der Waals surface area contributed by atoms with Gasteiger partial charge in [0.1, 0.15) is 12.4 Å². The Labute approximate surface area is 115 Å². The van der Waals surface area contributed by atoms with Crippen LogP contribution in [0.15, 0.2) is 41.8 Å². The van der Waals surface area contributed by atoms with Gasteiger partial charge in [-0.15, -0.1) is 11.3 Å². The molecular weight excluding hydrogens is 263 g/mol. The van der Waals surface area contributed by atoms with E-state index >= 15 is 0 Å². The van der Waals surface area contributed by atoms with Crippen molar-refractivity contribution in [2.75, 3.05) is 13.2 Å². The number of Topliss-reactive ketones (excluding diaryl/α,β-unsaturated/α-hetero) is 1. The highest BCUT2D eigenvalue weighted by atomic mass is 32.1. The SMILES string of the molecule is O=C(COCCc1cccs1)Cc1ccccc1F. The summed E-state index contributed by atoms with van der Waals surface area (Å²) in [6.45, 7) is 0.559. The summed E-state index contributed by atoms with van der Waals surface area (Å²) < 4.78 is 18.6. The molecule has 19 heavy (non-hydrogen) atoms. The van der Waals surface area contributed by atoms with Crippen LogP contribution in [0.4, 0.5) is 4.39 Å². The molecule has 0 N–H and O–H groups in total. The van der Waals surface area contributed by atoms with Crippen LogP contribution in [-0.2, 0) is 22.4 Å². The van der Waals surface area contributed by atoms with Gasteiger partial charge in [-0.2, -0.15) is 0 Å². The number of carbonyl (C=O) groups is 1. The Morgan fingerprint density at radius 3 is 2.79 bits per heavy atom. The van der Waals surface area contributed by atoms with Crippen molar-refractivity contribution in [2.24, 2.45) is 0 Å². The fourth-order valence-corrected chi connectivity index (χ4v) is 2.41. The van der Waals surface area contributed by atoms with Gasteiger partial charge in [0.25, 0.3) is 0 Å². The Morgan fingerprint density at radius 1 is 1.21 bits per heavy atom. The molecule has 4 heteroatoms. The quantitative estimate of drug-likeness (QED) is 0.727. The van der Waals surface area contributed by atoms with Crippen molar-refractivity contribution >= 4 is 17.1 Å². The summed E-state index contributed by atoms with van der Waals surface area (Å²) in [6.07, 6.45) is 0.899. The van der Waals surface area contributed by atoms with E-state index in [9.17, 15) is 9.18 Å². The zero-order valence-corrected chi connectivity index (χ0v) is 11.3. The van der Waals surface area contributed by atoms with Crippen LogP contribution in [0.1, 0.15) is 10.4 Å². The van der Waals surface area contributed by atoms with E-state index in [0.717, 1.165) is 6.42 Å². The number of hydrogen-bond donors (Lipinski definition) is 0. The molecule has 1 heterocycles. The zero-order chi connectivity index (χ0) is 13.5. The molecule has 0 aliphatic heterocycles. The summed E-state index contributed by atoms with van der Waals surface area (Å²) in [5.41, 5.74) is 0.425. The maximum atomic E-state index is 13.3. The summed E-state index contributed by atoms with van der Waals surface area (Å²) >= 11 is 1.67. The minimum absolute atomic E-state index is 0.0414. The van der Waals surface area contributed by atoms with Gasteiger partial charge in [0.15, 0.2) is 5.78 Å². The monoisotopic (exact) mass is 278 g/mol. The van der Waals surface area contributed by atoms with Gasteiger partial charge in [-0.25, -0.2) is 4.39 Å². The molecule has 0 saturated carbocycles. The van der Waals surface area contributed by atoms with Gasteiger partial charge >= 0.3 is 0 Å². The van der Waals surface area contributed by atoms with E-state index in [1.54, 1.807) is 29.5 Å². The van der Waals surface area contributed by atoms with E-state index < -0.39 is 0 Å². The van der Waals surface area contributed by atoms with Gasteiger partial charge < -0.3 is 4.74 Å². The molecule has 100 valence electrons. The lowest BCUT2D eigenvalue weighted by atomic mass is 10.1. The van der Waals surface area contributed by atoms with Crippen LogP contribution in [0.2, 0.25) is 0 Å². The standard InChI is InChI=1S/C15H15FO2S/c16-15-6-2-1-4-12(15)10-13(17)11-18-8-7-14-5-3-9-19-14/h1-6,9H,7-8,10-11H2. The predicted octanol–water partition coefficient (Wildman–Crippen LogP) is 3.26. The molecule has 2 rings (SSSR count). The number of carbonyl (C=O) groups excluding carboxylic acids is 1. The number of halogens is 1.